The number of benzene rings is 1. The van der Waals surface area contributed by atoms with Crippen LogP contribution in [0.4, 0.5) is 17.5 Å². The molecule has 192 valence electrons. The predicted molar refractivity (Wildman–Crippen MR) is 136 cm³/mol. The minimum Gasteiger partial charge on any atom is -0.354 e. The van der Waals surface area contributed by atoms with E-state index in [0.717, 1.165) is 42.6 Å². The summed E-state index contributed by atoms with van der Waals surface area (Å²) in [5, 5.41) is 0. The predicted octanol–water partition coefficient (Wildman–Crippen LogP) is 0.701. The van der Waals surface area contributed by atoms with Crippen molar-refractivity contribution in [3.63, 3.8) is 0 Å². The summed E-state index contributed by atoms with van der Waals surface area (Å²) in [6, 6.07) is 7.96. The number of likely N-dealkylation sites (N-methyl/N-ethyl adjacent to an activating group) is 1. The maximum atomic E-state index is 13.3. The lowest BCUT2D eigenvalue weighted by Crippen LogP contribution is -2.49. The number of hydrogen-bond donors (Lipinski definition) is 0. The second-order valence-electron chi connectivity index (χ2n) is 9.47. The van der Waals surface area contributed by atoms with Crippen molar-refractivity contribution in [1.29, 1.82) is 0 Å². The number of rotatable bonds is 5. The highest BCUT2D eigenvalue weighted by molar-refractivity contribution is 7.89. The van der Waals surface area contributed by atoms with E-state index < -0.39 is 10.0 Å². The number of hydrogen-bond acceptors (Lipinski definition) is 9. The van der Waals surface area contributed by atoms with Crippen LogP contribution in [-0.4, -0.2) is 98.8 Å². The molecule has 0 aliphatic carbocycles. The number of carbonyl (C=O) groups excluding carboxylic acids is 2. The van der Waals surface area contributed by atoms with Crippen molar-refractivity contribution < 1.29 is 18.0 Å². The van der Waals surface area contributed by atoms with E-state index in [1.165, 1.54) is 28.6 Å². The zero-order valence-electron chi connectivity index (χ0n) is 20.6. The summed E-state index contributed by atoms with van der Waals surface area (Å²) in [4.78, 5) is 41.2. The lowest BCUT2D eigenvalue weighted by atomic mass is 10.3. The number of anilines is 3. The Labute approximate surface area is 211 Å². The van der Waals surface area contributed by atoms with Gasteiger partial charge in [0.05, 0.1) is 10.6 Å². The van der Waals surface area contributed by atoms with Gasteiger partial charge in [0.15, 0.2) is 0 Å². The molecule has 0 saturated carbocycles. The molecule has 4 heterocycles. The normalized spacial score (nSPS) is 20.4. The van der Waals surface area contributed by atoms with Crippen molar-refractivity contribution in [1.82, 2.24) is 19.2 Å². The van der Waals surface area contributed by atoms with Gasteiger partial charge < -0.3 is 14.7 Å². The first-order valence-electron chi connectivity index (χ1n) is 12.2. The molecular weight excluding hydrogens is 482 g/mol. The van der Waals surface area contributed by atoms with Crippen molar-refractivity contribution in [2.45, 2.75) is 24.7 Å². The second kappa shape index (κ2) is 9.75. The van der Waals surface area contributed by atoms with Crippen LogP contribution >= 0.6 is 0 Å². The Hall–Kier alpha value is -3.09. The number of imide groups is 1. The smallest absolute Gasteiger partial charge is 0.243 e. The van der Waals surface area contributed by atoms with Crippen LogP contribution in [0.3, 0.4) is 0 Å². The van der Waals surface area contributed by atoms with E-state index in [4.69, 9.17) is 4.98 Å². The lowest BCUT2D eigenvalue weighted by Gasteiger charge is -2.36. The minimum absolute atomic E-state index is 0.142. The molecule has 0 radical (unpaired) electrons. The summed E-state index contributed by atoms with van der Waals surface area (Å²) >= 11 is 0. The molecule has 0 bridgehead atoms. The number of aromatic nitrogens is 2. The van der Waals surface area contributed by atoms with Crippen LogP contribution in [0.15, 0.2) is 35.2 Å². The molecule has 3 saturated heterocycles. The van der Waals surface area contributed by atoms with E-state index in [9.17, 15) is 18.0 Å². The molecule has 3 aliphatic heterocycles. The van der Waals surface area contributed by atoms with Crippen LogP contribution in [0.2, 0.25) is 0 Å². The maximum Gasteiger partial charge on any atom is 0.243 e. The third-order valence-electron chi connectivity index (χ3n) is 6.96. The Bertz CT molecular complexity index is 1240. The quantitative estimate of drug-likeness (QED) is 0.534. The maximum absolute atomic E-state index is 13.3. The van der Waals surface area contributed by atoms with Gasteiger partial charge in [-0.15, -0.1) is 0 Å². The van der Waals surface area contributed by atoms with Crippen LogP contribution in [-0.2, 0) is 19.6 Å². The van der Waals surface area contributed by atoms with E-state index in [1.54, 1.807) is 0 Å². The average Bonchev–Trinajstić information content (AvgIpc) is 3.22. The van der Waals surface area contributed by atoms with Crippen LogP contribution in [0.1, 0.15) is 18.5 Å². The summed E-state index contributed by atoms with van der Waals surface area (Å²) in [5.41, 5.74) is 1.29. The first-order valence-corrected chi connectivity index (χ1v) is 13.7. The molecule has 0 unspecified atom stereocenters. The lowest BCUT2D eigenvalue weighted by molar-refractivity contribution is -0.121. The fourth-order valence-electron chi connectivity index (χ4n) is 4.78. The highest BCUT2D eigenvalue weighted by Gasteiger charge is 2.32. The molecule has 0 atom stereocenters. The zero-order valence-corrected chi connectivity index (χ0v) is 21.4. The van der Waals surface area contributed by atoms with Crippen molar-refractivity contribution in [3.05, 3.63) is 36.0 Å². The Morgan fingerprint density at radius 2 is 1.36 bits per heavy atom. The van der Waals surface area contributed by atoms with E-state index in [0.29, 0.717) is 37.8 Å². The molecule has 3 aliphatic rings. The fraction of sp³-hybridized carbons (Fsp3) is 0.500. The molecule has 1 aromatic heterocycles. The van der Waals surface area contributed by atoms with Gasteiger partial charge in [-0.2, -0.15) is 9.29 Å². The van der Waals surface area contributed by atoms with Gasteiger partial charge in [-0.1, -0.05) is 0 Å². The molecule has 11 nitrogen and oxygen atoms in total. The first-order chi connectivity index (χ1) is 17.2. The van der Waals surface area contributed by atoms with Crippen molar-refractivity contribution in [2.75, 3.05) is 74.1 Å². The number of piperazine rings is 2. The number of sulfonamides is 1. The second-order valence-corrected chi connectivity index (χ2v) is 11.4. The van der Waals surface area contributed by atoms with Crippen LogP contribution in [0.5, 0.6) is 0 Å². The standard InChI is InChI=1S/C24H31N7O4S/c1-18-17-21(28-11-9-27(2)10-12-28)26-24(25-18)29-13-15-30(16-14-29)36(34,35)20-5-3-19(4-6-20)31-22(32)7-8-23(31)33/h3-6,17H,7-16H2,1-2H3. The number of nitrogens with zero attached hydrogens (tertiary/aromatic N) is 7. The highest BCUT2D eigenvalue weighted by Crippen LogP contribution is 2.26. The van der Waals surface area contributed by atoms with Crippen LogP contribution < -0.4 is 14.7 Å². The summed E-state index contributed by atoms with van der Waals surface area (Å²) in [7, 11) is -1.59. The number of amides is 2. The van der Waals surface area contributed by atoms with Gasteiger partial charge in [0.25, 0.3) is 0 Å². The van der Waals surface area contributed by atoms with Gasteiger partial charge >= 0.3 is 0 Å². The van der Waals surface area contributed by atoms with Gasteiger partial charge in [-0.25, -0.2) is 13.4 Å². The van der Waals surface area contributed by atoms with Crippen molar-refractivity contribution in [2.24, 2.45) is 0 Å². The Morgan fingerprint density at radius 3 is 1.97 bits per heavy atom. The molecular formula is C24H31N7O4S. The Balaban J connectivity index is 1.26. The third-order valence-corrected chi connectivity index (χ3v) is 8.87. The van der Waals surface area contributed by atoms with E-state index in [-0.39, 0.29) is 29.6 Å². The SMILES string of the molecule is Cc1cc(N2CCN(C)CC2)nc(N2CCN(S(=O)(=O)c3ccc(N4C(=O)CCC4=O)cc3)CC2)n1. The molecule has 0 spiro atoms. The molecule has 2 aromatic rings. The molecule has 2 amide bonds. The van der Waals surface area contributed by atoms with E-state index >= 15 is 0 Å². The van der Waals surface area contributed by atoms with Gasteiger partial charge in [-0.05, 0) is 38.2 Å². The van der Waals surface area contributed by atoms with Gasteiger partial charge in [0.1, 0.15) is 5.82 Å². The molecule has 5 rings (SSSR count). The van der Waals surface area contributed by atoms with Gasteiger partial charge in [0, 0.05) is 77.0 Å². The molecule has 12 heteroatoms. The van der Waals surface area contributed by atoms with Crippen molar-refractivity contribution in [3.8, 4) is 0 Å². The van der Waals surface area contributed by atoms with Gasteiger partial charge in [-0.3, -0.25) is 14.5 Å². The monoisotopic (exact) mass is 513 g/mol. The average molecular weight is 514 g/mol. The van der Waals surface area contributed by atoms with E-state index in [2.05, 4.69) is 21.8 Å². The summed E-state index contributed by atoms with van der Waals surface area (Å²) in [6.45, 7) is 7.36. The van der Waals surface area contributed by atoms with Crippen LogP contribution in [0.25, 0.3) is 0 Å². The largest absolute Gasteiger partial charge is 0.354 e. The molecule has 36 heavy (non-hydrogen) atoms. The minimum atomic E-state index is -3.71. The molecule has 0 N–H and O–H groups in total. The summed E-state index contributed by atoms with van der Waals surface area (Å²) in [5.74, 6) is 1.02. The topological polar surface area (TPSA) is 110 Å². The molecule has 3 fully saturated rings. The number of carbonyl (C=O) groups is 2. The summed E-state index contributed by atoms with van der Waals surface area (Å²) < 4.78 is 28.0. The highest BCUT2D eigenvalue weighted by atomic mass is 32.2. The van der Waals surface area contributed by atoms with Crippen molar-refractivity contribution >= 4 is 39.3 Å². The Kier molecular flexibility index (Phi) is 6.66. The first kappa shape index (κ1) is 24.6. The van der Waals surface area contributed by atoms with E-state index in [1.807, 2.05) is 17.9 Å². The van der Waals surface area contributed by atoms with Gasteiger partial charge in [0.2, 0.25) is 27.8 Å². The Morgan fingerprint density at radius 1 is 0.778 bits per heavy atom. The summed E-state index contributed by atoms with van der Waals surface area (Å²) in [6.07, 6.45) is 0.370. The zero-order chi connectivity index (χ0) is 25.4. The third kappa shape index (κ3) is 4.80. The molecule has 1 aromatic carbocycles. The number of aryl methyl sites for hydroxylation is 1. The van der Waals surface area contributed by atoms with Crippen LogP contribution in [0, 0.1) is 6.92 Å². The fourth-order valence-corrected chi connectivity index (χ4v) is 6.21.